The largest absolute Gasteiger partial charge is 0.481 e. The molecular weight excluding hydrogens is 516 g/mol. The van der Waals surface area contributed by atoms with E-state index in [1.54, 1.807) is 11.8 Å². The van der Waals surface area contributed by atoms with E-state index < -0.39 is 5.97 Å². The second kappa shape index (κ2) is 12.4. The van der Waals surface area contributed by atoms with Gasteiger partial charge in [-0.05, 0) is 57.4 Å². The van der Waals surface area contributed by atoms with E-state index in [9.17, 15) is 14.9 Å². The highest BCUT2D eigenvalue weighted by atomic mass is 32.2. The van der Waals surface area contributed by atoms with Gasteiger partial charge in [-0.15, -0.1) is 11.8 Å². The number of amides is 1. The van der Waals surface area contributed by atoms with Crippen LogP contribution in [0, 0.1) is 11.3 Å². The Morgan fingerprint density at radius 3 is 2.51 bits per heavy atom. The number of carbonyl (C=O) groups is 2. The molecule has 1 aromatic carbocycles. The summed E-state index contributed by atoms with van der Waals surface area (Å²) in [5, 5.41) is 22.4. The number of nitrogens with one attached hydrogen (secondary N) is 1. The Hall–Kier alpha value is -3.13. The molecule has 2 aromatic rings. The maximum absolute atomic E-state index is 11.9. The summed E-state index contributed by atoms with van der Waals surface area (Å²) in [6.45, 7) is 10.2. The third-order valence-corrected chi connectivity index (χ3v) is 7.81. The van der Waals surface area contributed by atoms with Crippen molar-refractivity contribution in [3.8, 4) is 6.07 Å². The number of ether oxygens (including phenoxy) is 2. The number of thioether (sulfide) groups is 1. The van der Waals surface area contributed by atoms with E-state index in [0.717, 1.165) is 52.8 Å². The van der Waals surface area contributed by atoms with Crippen LogP contribution in [-0.4, -0.2) is 58.6 Å². The lowest BCUT2D eigenvalue weighted by Crippen LogP contribution is -2.47. The zero-order valence-corrected chi connectivity index (χ0v) is 23.8. The molecule has 2 atom stereocenters. The Balaban J connectivity index is 1.49. The molecule has 9 nitrogen and oxygen atoms in total. The number of carboxylic acid groups (broad SMARTS) is 1. The highest BCUT2D eigenvalue weighted by Crippen LogP contribution is 2.39. The van der Waals surface area contributed by atoms with E-state index in [1.165, 1.54) is 0 Å². The van der Waals surface area contributed by atoms with Crippen molar-refractivity contribution in [2.24, 2.45) is 0 Å². The number of morpholine rings is 1. The molecule has 0 bridgehead atoms. The minimum Gasteiger partial charge on any atom is -0.481 e. The minimum atomic E-state index is -0.996. The van der Waals surface area contributed by atoms with Crippen LogP contribution in [0.3, 0.4) is 0 Å². The van der Waals surface area contributed by atoms with Crippen LogP contribution in [0.25, 0.3) is 0 Å². The van der Waals surface area contributed by atoms with Crippen molar-refractivity contribution in [2.75, 3.05) is 29.1 Å². The number of anilines is 2. The van der Waals surface area contributed by atoms with Gasteiger partial charge >= 0.3 is 5.97 Å². The second-order valence-corrected chi connectivity index (χ2v) is 11.9. The monoisotopic (exact) mass is 552 g/mol. The Morgan fingerprint density at radius 1 is 1.18 bits per heavy atom. The van der Waals surface area contributed by atoms with Gasteiger partial charge < -0.3 is 24.8 Å². The van der Waals surface area contributed by atoms with E-state index >= 15 is 0 Å². The minimum absolute atomic E-state index is 0.0592. The number of nitriles is 1. The number of aliphatic carboxylic acids is 1. The Labute approximate surface area is 233 Å². The zero-order valence-electron chi connectivity index (χ0n) is 23.0. The first-order chi connectivity index (χ1) is 18.5. The molecule has 208 valence electrons. The first kappa shape index (κ1) is 28.9. The maximum Gasteiger partial charge on any atom is 0.303 e. The summed E-state index contributed by atoms with van der Waals surface area (Å²) in [4.78, 5) is 29.9. The fraction of sp³-hybridized carbons (Fsp3) is 0.517. The number of benzene rings is 1. The van der Waals surface area contributed by atoms with Crippen molar-refractivity contribution in [2.45, 2.75) is 82.8 Å². The van der Waals surface area contributed by atoms with Crippen molar-refractivity contribution in [1.82, 2.24) is 4.98 Å². The van der Waals surface area contributed by atoms with Crippen molar-refractivity contribution < 1.29 is 24.2 Å². The van der Waals surface area contributed by atoms with Crippen LogP contribution in [0.5, 0.6) is 0 Å². The molecule has 1 aromatic heterocycles. The predicted octanol–water partition coefficient (Wildman–Crippen LogP) is 4.56. The molecule has 4 rings (SSSR count). The average Bonchev–Trinajstić information content (AvgIpc) is 2.87. The summed E-state index contributed by atoms with van der Waals surface area (Å²) < 4.78 is 12.1. The van der Waals surface area contributed by atoms with E-state index in [-0.39, 0.29) is 36.6 Å². The molecule has 2 aliphatic heterocycles. The Morgan fingerprint density at radius 2 is 1.87 bits per heavy atom. The number of fused-ring (bicyclic) bond motifs is 1. The maximum atomic E-state index is 11.9. The quantitative estimate of drug-likeness (QED) is 0.431. The van der Waals surface area contributed by atoms with Gasteiger partial charge in [0.1, 0.15) is 16.9 Å². The van der Waals surface area contributed by atoms with Crippen molar-refractivity contribution in [3.63, 3.8) is 0 Å². The van der Waals surface area contributed by atoms with Crippen LogP contribution in [0.15, 0.2) is 29.3 Å². The van der Waals surface area contributed by atoms with Crippen molar-refractivity contribution in [1.29, 1.82) is 5.26 Å². The van der Waals surface area contributed by atoms with Crippen LogP contribution in [0.1, 0.15) is 62.8 Å². The standard InChI is InChI=1S/C29H36N4O5S/c1-18-15-33(16-19(2)38-18)27-24-17-37-29(3,4)13-22(24)23(14-30)28(32-27)39-12-11-20-5-7-21(8-6-20)31-25(34)9-10-26(35)36/h5-8,18-19H,9-13,15-17H2,1-4H3,(H,31,34)(H,35,36). The summed E-state index contributed by atoms with van der Waals surface area (Å²) in [6, 6.07) is 9.97. The molecule has 0 saturated carbocycles. The number of nitrogens with zero attached hydrogens (tertiary/aromatic N) is 3. The van der Waals surface area contributed by atoms with Crippen LogP contribution >= 0.6 is 11.8 Å². The normalized spacial score (nSPS) is 20.1. The number of carboxylic acids is 1. The topological polar surface area (TPSA) is 125 Å². The molecule has 2 N–H and O–H groups in total. The van der Waals surface area contributed by atoms with Gasteiger partial charge in [0.05, 0.1) is 36.4 Å². The number of pyridine rings is 1. The number of hydrogen-bond donors (Lipinski definition) is 2. The number of rotatable bonds is 9. The van der Waals surface area contributed by atoms with E-state index in [4.69, 9.17) is 19.6 Å². The molecule has 1 fully saturated rings. The summed E-state index contributed by atoms with van der Waals surface area (Å²) in [5.41, 5.74) is 4.06. The highest BCUT2D eigenvalue weighted by Gasteiger charge is 2.34. The molecule has 2 aliphatic rings. The Kier molecular flexibility index (Phi) is 9.15. The van der Waals surface area contributed by atoms with Crippen molar-refractivity contribution >= 4 is 35.1 Å². The van der Waals surface area contributed by atoms with Gasteiger partial charge in [0.2, 0.25) is 5.91 Å². The van der Waals surface area contributed by atoms with E-state index in [1.807, 2.05) is 24.3 Å². The Bertz CT molecular complexity index is 1250. The van der Waals surface area contributed by atoms with Gasteiger partial charge in [-0.25, -0.2) is 4.98 Å². The number of hydrogen-bond acceptors (Lipinski definition) is 8. The molecule has 1 saturated heterocycles. The molecule has 10 heteroatoms. The molecule has 39 heavy (non-hydrogen) atoms. The van der Waals surface area contributed by atoms with Crippen LogP contribution in [0.4, 0.5) is 11.5 Å². The highest BCUT2D eigenvalue weighted by molar-refractivity contribution is 7.99. The molecule has 0 radical (unpaired) electrons. The predicted molar refractivity (Wildman–Crippen MR) is 150 cm³/mol. The lowest BCUT2D eigenvalue weighted by Gasteiger charge is -2.40. The van der Waals surface area contributed by atoms with Gasteiger partial charge in [0.25, 0.3) is 0 Å². The van der Waals surface area contributed by atoms with E-state index in [0.29, 0.717) is 24.3 Å². The first-order valence-electron chi connectivity index (χ1n) is 13.3. The van der Waals surface area contributed by atoms with Crippen LogP contribution < -0.4 is 10.2 Å². The summed E-state index contributed by atoms with van der Waals surface area (Å²) in [7, 11) is 0. The van der Waals surface area contributed by atoms with Gasteiger partial charge in [0, 0.05) is 42.9 Å². The van der Waals surface area contributed by atoms with Gasteiger partial charge in [-0.1, -0.05) is 12.1 Å². The number of carbonyl (C=O) groups excluding carboxylic acids is 1. The first-order valence-corrected chi connectivity index (χ1v) is 14.3. The smallest absolute Gasteiger partial charge is 0.303 e. The fourth-order valence-corrected chi connectivity index (χ4v) is 6.02. The molecule has 0 spiro atoms. The fourth-order valence-electron chi connectivity index (χ4n) is 5.02. The van der Waals surface area contributed by atoms with E-state index in [2.05, 4.69) is 44.0 Å². The summed E-state index contributed by atoms with van der Waals surface area (Å²) in [6.07, 6.45) is 1.34. The lowest BCUT2D eigenvalue weighted by atomic mass is 9.89. The average molecular weight is 553 g/mol. The van der Waals surface area contributed by atoms with Gasteiger partial charge in [0.15, 0.2) is 0 Å². The number of aryl methyl sites for hydroxylation is 1. The molecule has 2 unspecified atom stereocenters. The van der Waals surface area contributed by atoms with Gasteiger partial charge in [-0.2, -0.15) is 5.26 Å². The van der Waals surface area contributed by atoms with Crippen LogP contribution in [-0.2, 0) is 38.5 Å². The third kappa shape index (κ3) is 7.50. The van der Waals surface area contributed by atoms with Crippen molar-refractivity contribution in [3.05, 3.63) is 46.5 Å². The molecule has 3 heterocycles. The number of aromatic nitrogens is 1. The molecule has 1 amide bonds. The molecule has 0 aliphatic carbocycles. The third-order valence-electron chi connectivity index (χ3n) is 6.83. The molecular formula is C29H36N4O5S. The van der Waals surface area contributed by atoms with Gasteiger partial charge in [-0.3, -0.25) is 9.59 Å². The van der Waals surface area contributed by atoms with Crippen LogP contribution in [0.2, 0.25) is 0 Å². The lowest BCUT2D eigenvalue weighted by molar-refractivity contribution is -0.138. The SMILES string of the molecule is CC1CN(c2nc(SCCc3ccc(NC(=O)CCC(=O)O)cc3)c(C#N)c3c2COC(C)(C)C3)CC(C)O1. The zero-order chi connectivity index (χ0) is 28.2. The second-order valence-electron chi connectivity index (χ2n) is 10.8. The summed E-state index contributed by atoms with van der Waals surface area (Å²) in [5.74, 6) is 0.313. The summed E-state index contributed by atoms with van der Waals surface area (Å²) >= 11 is 1.59.